The molecule has 19 heavy (non-hydrogen) atoms. The molecule has 0 spiro atoms. The minimum absolute atomic E-state index is 0.310. The first-order chi connectivity index (χ1) is 9.13. The highest BCUT2D eigenvalue weighted by Gasteiger charge is 2.00. The number of nitrogens with two attached hydrogens (primary N) is 1. The molecule has 0 fully saturated rings. The molecule has 2 rings (SSSR count). The van der Waals surface area contributed by atoms with Gasteiger partial charge < -0.3 is 10.5 Å². The van der Waals surface area contributed by atoms with Gasteiger partial charge in [-0.15, -0.1) is 11.8 Å². The summed E-state index contributed by atoms with van der Waals surface area (Å²) >= 11 is 4.90. The molecule has 2 nitrogen and oxygen atoms in total. The summed E-state index contributed by atoms with van der Waals surface area (Å²) in [7, 11) is 0. The van der Waals surface area contributed by atoms with Crippen molar-refractivity contribution in [2.45, 2.75) is 4.90 Å². The molecule has 2 aromatic carbocycles. The van der Waals surface area contributed by atoms with Crippen molar-refractivity contribution in [2.24, 2.45) is 0 Å². The molecule has 2 N–H and O–H groups in total. The van der Waals surface area contributed by atoms with Crippen molar-refractivity contribution < 1.29 is 9.13 Å². The van der Waals surface area contributed by atoms with E-state index in [0.29, 0.717) is 12.3 Å². The van der Waals surface area contributed by atoms with E-state index in [1.54, 1.807) is 6.07 Å². The average Bonchev–Trinajstić information content (AvgIpc) is 2.34. The lowest BCUT2D eigenvalue weighted by atomic mass is 10.3. The lowest BCUT2D eigenvalue weighted by Gasteiger charge is -2.07. The maximum Gasteiger partial charge on any atom is 0.126 e. The van der Waals surface area contributed by atoms with Gasteiger partial charge in [-0.25, -0.2) is 4.39 Å². The van der Waals surface area contributed by atoms with E-state index in [1.165, 1.54) is 23.9 Å². The van der Waals surface area contributed by atoms with Gasteiger partial charge in [0.1, 0.15) is 11.6 Å². The zero-order valence-electron chi connectivity index (χ0n) is 10.1. The van der Waals surface area contributed by atoms with Crippen LogP contribution in [0.4, 0.5) is 10.1 Å². The summed E-state index contributed by atoms with van der Waals surface area (Å²) < 4.78 is 19.7. The van der Waals surface area contributed by atoms with Crippen LogP contribution < -0.4 is 10.5 Å². The lowest BCUT2D eigenvalue weighted by molar-refractivity contribution is 0.344. The number of ether oxygens (including phenoxy) is 1. The summed E-state index contributed by atoms with van der Waals surface area (Å²) in [5, 5.41) is 0. The number of rotatable bonds is 5. The maximum atomic E-state index is 13.1. The molecule has 0 unspecified atom stereocenters. The smallest absolute Gasteiger partial charge is 0.126 e. The minimum Gasteiger partial charge on any atom is -0.493 e. The number of halogens is 2. The number of hydrogen-bond donors (Lipinski definition) is 1. The van der Waals surface area contributed by atoms with Crippen LogP contribution in [-0.4, -0.2) is 12.4 Å². The van der Waals surface area contributed by atoms with Gasteiger partial charge in [-0.1, -0.05) is 22.0 Å². The summed E-state index contributed by atoms with van der Waals surface area (Å²) in [6.45, 7) is 0.553. The Kier molecular flexibility index (Phi) is 5.10. The average molecular weight is 342 g/mol. The number of thioether (sulfide) groups is 1. The van der Waals surface area contributed by atoms with E-state index in [4.69, 9.17) is 10.5 Å². The second kappa shape index (κ2) is 6.82. The molecule has 5 heteroatoms. The van der Waals surface area contributed by atoms with E-state index < -0.39 is 0 Å². The third kappa shape index (κ3) is 4.76. The van der Waals surface area contributed by atoms with Crippen LogP contribution in [0.15, 0.2) is 51.8 Å². The van der Waals surface area contributed by atoms with Crippen molar-refractivity contribution in [3.05, 3.63) is 52.8 Å². The second-order valence-corrected chi connectivity index (χ2v) is 5.96. The van der Waals surface area contributed by atoms with E-state index in [2.05, 4.69) is 15.9 Å². The van der Waals surface area contributed by atoms with Crippen LogP contribution in [0.2, 0.25) is 0 Å². The van der Waals surface area contributed by atoms with Gasteiger partial charge in [-0.05, 0) is 36.4 Å². The van der Waals surface area contributed by atoms with Crippen LogP contribution in [0.5, 0.6) is 5.75 Å². The highest BCUT2D eigenvalue weighted by Crippen LogP contribution is 2.23. The molecular weight excluding hydrogens is 329 g/mol. The molecule has 100 valence electrons. The Labute approximate surface area is 124 Å². The number of anilines is 1. The van der Waals surface area contributed by atoms with Crippen molar-refractivity contribution >= 4 is 33.4 Å². The molecule has 0 aliphatic heterocycles. The molecule has 0 radical (unpaired) electrons. The summed E-state index contributed by atoms with van der Waals surface area (Å²) in [5.41, 5.74) is 6.02. The largest absolute Gasteiger partial charge is 0.493 e. The van der Waals surface area contributed by atoms with Gasteiger partial charge in [0.2, 0.25) is 0 Å². The van der Waals surface area contributed by atoms with Crippen molar-refractivity contribution in [3.63, 3.8) is 0 Å². The van der Waals surface area contributed by atoms with Crippen LogP contribution in [0, 0.1) is 5.82 Å². The Morgan fingerprint density at radius 1 is 1.21 bits per heavy atom. The van der Waals surface area contributed by atoms with Gasteiger partial charge in [-0.3, -0.25) is 0 Å². The van der Waals surface area contributed by atoms with E-state index in [9.17, 15) is 4.39 Å². The number of nitrogen functional groups attached to an aromatic ring is 1. The molecule has 0 saturated heterocycles. The molecule has 2 aromatic rings. The number of benzene rings is 2. The van der Waals surface area contributed by atoms with Gasteiger partial charge in [-0.2, -0.15) is 0 Å². The number of hydrogen-bond acceptors (Lipinski definition) is 3. The summed E-state index contributed by atoms with van der Waals surface area (Å²) in [6, 6.07) is 12.2. The van der Waals surface area contributed by atoms with Crippen molar-refractivity contribution in [2.75, 3.05) is 18.1 Å². The van der Waals surface area contributed by atoms with Gasteiger partial charge in [0.15, 0.2) is 0 Å². The van der Waals surface area contributed by atoms with Crippen LogP contribution in [-0.2, 0) is 0 Å². The Balaban J connectivity index is 1.80. The lowest BCUT2D eigenvalue weighted by Crippen LogP contribution is -2.00. The van der Waals surface area contributed by atoms with E-state index >= 15 is 0 Å². The first-order valence-corrected chi connectivity index (χ1v) is 7.48. The fourth-order valence-corrected chi connectivity index (χ4v) is 2.74. The van der Waals surface area contributed by atoms with Crippen LogP contribution in [0.25, 0.3) is 0 Å². The maximum absolute atomic E-state index is 13.1. The molecule has 0 saturated carbocycles. The summed E-state index contributed by atoms with van der Waals surface area (Å²) in [4.78, 5) is 0.815. The zero-order chi connectivity index (χ0) is 13.7. The predicted molar refractivity (Wildman–Crippen MR) is 81.2 cm³/mol. The topological polar surface area (TPSA) is 35.2 Å². The Morgan fingerprint density at radius 2 is 2.05 bits per heavy atom. The third-order valence-electron chi connectivity index (χ3n) is 2.31. The molecule has 0 aromatic heterocycles. The third-order valence-corrected chi connectivity index (χ3v) is 3.74. The van der Waals surface area contributed by atoms with E-state index in [1.807, 2.05) is 24.3 Å². The molecular formula is C14H13BrFNOS. The van der Waals surface area contributed by atoms with E-state index in [0.717, 1.165) is 20.9 Å². The van der Waals surface area contributed by atoms with Crippen LogP contribution in [0.1, 0.15) is 0 Å². The van der Waals surface area contributed by atoms with Gasteiger partial charge >= 0.3 is 0 Å². The monoisotopic (exact) mass is 341 g/mol. The first kappa shape index (κ1) is 14.2. The normalized spacial score (nSPS) is 10.4. The molecule has 0 atom stereocenters. The Morgan fingerprint density at radius 3 is 2.79 bits per heavy atom. The van der Waals surface area contributed by atoms with Gasteiger partial charge in [0.05, 0.1) is 6.61 Å². The summed E-state index contributed by atoms with van der Waals surface area (Å²) in [6.07, 6.45) is 0. The fourth-order valence-electron chi connectivity index (χ4n) is 1.54. The summed E-state index contributed by atoms with van der Waals surface area (Å²) in [5.74, 6) is 1.24. The quantitative estimate of drug-likeness (QED) is 0.499. The standard InChI is InChI=1S/C14H13BrFNOS/c15-10-2-1-3-13(6-10)18-4-5-19-14-8-11(16)7-12(17)9-14/h1-3,6-9H,4-5,17H2. The molecule has 0 aliphatic rings. The van der Waals surface area contributed by atoms with Crippen molar-refractivity contribution in [1.82, 2.24) is 0 Å². The zero-order valence-corrected chi connectivity index (χ0v) is 12.5. The Bertz CT molecular complexity index is 545. The SMILES string of the molecule is Nc1cc(F)cc(SCCOc2cccc(Br)c2)c1. The second-order valence-electron chi connectivity index (χ2n) is 3.87. The van der Waals surface area contributed by atoms with Gasteiger partial charge in [0.25, 0.3) is 0 Å². The van der Waals surface area contributed by atoms with Gasteiger partial charge in [0, 0.05) is 20.8 Å². The Hall–Kier alpha value is -1.20. The molecule has 0 heterocycles. The van der Waals surface area contributed by atoms with E-state index in [-0.39, 0.29) is 5.82 Å². The van der Waals surface area contributed by atoms with Crippen molar-refractivity contribution in [1.29, 1.82) is 0 Å². The van der Waals surface area contributed by atoms with Crippen LogP contribution >= 0.6 is 27.7 Å². The van der Waals surface area contributed by atoms with Crippen LogP contribution in [0.3, 0.4) is 0 Å². The highest BCUT2D eigenvalue weighted by atomic mass is 79.9. The first-order valence-electron chi connectivity index (χ1n) is 5.71. The minimum atomic E-state index is -0.310. The molecule has 0 bridgehead atoms. The highest BCUT2D eigenvalue weighted by molar-refractivity contribution is 9.10. The predicted octanol–water partition coefficient (Wildman–Crippen LogP) is 4.34. The fraction of sp³-hybridized carbons (Fsp3) is 0.143. The van der Waals surface area contributed by atoms with Crippen molar-refractivity contribution in [3.8, 4) is 5.75 Å². The molecule has 0 amide bonds. The molecule has 0 aliphatic carbocycles.